The highest BCUT2D eigenvalue weighted by molar-refractivity contribution is 7.80. The van der Waals surface area contributed by atoms with Crippen LogP contribution in [-0.4, -0.2) is 26.0 Å². The largest absolute Gasteiger partial charge is 0.507 e. The molecule has 0 aliphatic heterocycles. The predicted octanol–water partition coefficient (Wildman–Crippen LogP) is 5.16. The van der Waals surface area contributed by atoms with E-state index in [9.17, 15) is 20.0 Å². The summed E-state index contributed by atoms with van der Waals surface area (Å²) in [5, 5.41) is 26.9. The molecule has 9 nitrogen and oxygen atoms in total. The molecule has 3 N–H and O–H groups in total. The molecule has 1 heterocycles. The van der Waals surface area contributed by atoms with Gasteiger partial charge in [0.25, 0.3) is 11.6 Å². The summed E-state index contributed by atoms with van der Waals surface area (Å²) < 4.78 is 5.84. The Morgan fingerprint density at radius 2 is 1.85 bits per heavy atom. The second kappa shape index (κ2) is 8.91. The Bertz CT molecular complexity index is 1440. The second-order valence-corrected chi connectivity index (χ2v) is 8.18. The molecule has 0 saturated carbocycles. The van der Waals surface area contributed by atoms with Gasteiger partial charge in [-0.15, -0.1) is 0 Å². The maximum atomic E-state index is 12.6. The number of thiocarbonyl (C=S) groups is 1. The Morgan fingerprint density at radius 1 is 1.12 bits per heavy atom. The molecule has 0 bridgehead atoms. The van der Waals surface area contributed by atoms with Gasteiger partial charge < -0.3 is 14.8 Å². The number of hydrogen-bond acceptors (Lipinski definition) is 7. The number of amides is 1. The van der Waals surface area contributed by atoms with E-state index >= 15 is 0 Å². The van der Waals surface area contributed by atoms with E-state index in [1.54, 1.807) is 12.1 Å². The SMILES string of the molecule is Cc1cc2nc(-c3cc(NC(=S)NC(=O)c4cccc([N+](=O)[O-])c4C)ccc3O)oc2cc1C. The van der Waals surface area contributed by atoms with Crippen LogP contribution in [0, 0.1) is 30.9 Å². The van der Waals surface area contributed by atoms with Crippen molar-refractivity contribution in [3.05, 3.63) is 80.9 Å². The first-order chi connectivity index (χ1) is 16.1. The van der Waals surface area contributed by atoms with Crippen molar-refractivity contribution >= 4 is 45.7 Å². The van der Waals surface area contributed by atoms with Gasteiger partial charge in [-0.25, -0.2) is 4.98 Å². The van der Waals surface area contributed by atoms with E-state index < -0.39 is 10.8 Å². The Hall–Kier alpha value is -4.31. The van der Waals surface area contributed by atoms with Gasteiger partial charge in [-0.1, -0.05) is 6.07 Å². The number of benzene rings is 3. The van der Waals surface area contributed by atoms with Crippen LogP contribution in [0.2, 0.25) is 0 Å². The van der Waals surface area contributed by atoms with Gasteiger partial charge in [0.2, 0.25) is 5.89 Å². The number of anilines is 1. The van der Waals surface area contributed by atoms with E-state index in [0.717, 1.165) is 11.1 Å². The topological polar surface area (TPSA) is 131 Å². The van der Waals surface area contributed by atoms with Gasteiger partial charge in [0.1, 0.15) is 11.3 Å². The third kappa shape index (κ3) is 4.44. The molecule has 0 radical (unpaired) electrons. The van der Waals surface area contributed by atoms with Crippen molar-refractivity contribution in [2.45, 2.75) is 20.8 Å². The molecule has 0 aliphatic carbocycles. The highest BCUT2D eigenvalue weighted by Gasteiger charge is 2.19. The summed E-state index contributed by atoms with van der Waals surface area (Å²) in [5.41, 5.74) is 4.46. The van der Waals surface area contributed by atoms with Gasteiger partial charge >= 0.3 is 0 Å². The van der Waals surface area contributed by atoms with Gasteiger partial charge in [-0.2, -0.15) is 0 Å². The summed E-state index contributed by atoms with van der Waals surface area (Å²) in [5.74, 6) is -0.376. The van der Waals surface area contributed by atoms with Gasteiger partial charge in [0, 0.05) is 22.9 Å². The van der Waals surface area contributed by atoms with Crippen LogP contribution in [-0.2, 0) is 0 Å². The molecule has 1 aromatic heterocycles. The number of fused-ring (bicyclic) bond motifs is 1. The second-order valence-electron chi connectivity index (χ2n) is 7.77. The number of carbonyl (C=O) groups excluding carboxylic acids is 1. The van der Waals surface area contributed by atoms with Crippen LogP contribution >= 0.6 is 12.2 Å². The molecule has 172 valence electrons. The zero-order valence-electron chi connectivity index (χ0n) is 18.5. The standard InChI is InChI=1S/C24H20N4O5S/c1-12-9-18-21(10-13(12)2)33-23(26-18)17-11-15(7-8-20(17)29)25-24(34)27-22(30)16-5-4-6-19(14(16)3)28(31)32/h4-11,29H,1-3H3,(H2,25,27,30,34). The van der Waals surface area contributed by atoms with Gasteiger partial charge in [-0.3, -0.25) is 20.2 Å². The highest BCUT2D eigenvalue weighted by atomic mass is 32.1. The first-order valence-electron chi connectivity index (χ1n) is 10.2. The summed E-state index contributed by atoms with van der Waals surface area (Å²) in [6.07, 6.45) is 0. The number of aromatic nitrogens is 1. The fraction of sp³-hybridized carbons (Fsp3) is 0.125. The first-order valence-corrected chi connectivity index (χ1v) is 10.6. The number of nitro benzene ring substituents is 1. The summed E-state index contributed by atoms with van der Waals surface area (Å²) in [6, 6.07) is 12.7. The zero-order chi connectivity index (χ0) is 24.6. The van der Waals surface area contributed by atoms with E-state index in [1.807, 2.05) is 26.0 Å². The fourth-order valence-corrected chi connectivity index (χ4v) is 3.69. The lowest BCUT2D eigenvalue weighted by molar-refractivity contribution is -0.385. The summed E-state index contributed by atoms with van der Waals surface area (Å²) in [6.45, 7) is 5.46. The average Bonchev–Trinajstić information content (AvgIpc) is 3.17. The minimum absolute atomic E-state index is 0.0173. The molecule has 0 saturated heterocycles. The van der Waals surface area contributed by atoms with Crippen molar-refractivity contribution in [2.24, 2.45) is 0 Å². The number of rotatable bonds is 4. The van der Waals surface area contributed by atoms with Crippen LogP contribution in [0.15, 0.2) is 52.9 Å². The van der Waals surface area contributed by atoms with Crippen LogP contribution in [0.25, 0.3) is 22.6 Å². The Balaban J connectivity index is 1.55. The molecular weight excluding hydrogens is 456 g/mol. The average molecular weight is 477 g/mol. The van der Waals surface area contributed by atoms with Crippen molar-refractivity contribution in [3.8, 4) is 17.2 Å². The minimum atomic E-state index is -0.581. The van der Waals surface area contributed by atoms with Crippen molar-refractivity contribution in [3.63, 3.8) is 0 Å². The highest BCUT2D eigenvalue weighted by Crippen LogP contribution is 2.34. The van der Waals surface area contributed by atoms with Crippen LogP contribution in [0.1, 0.15) is 27.0 Å². The summed E-state index contributed by atoms with van der Waals surface area (Å²) in [4.78, 5) is 27.7. The lowest BCUT2D eigenvalue weighted by Crippen LogP contribution is -2.34. The van der Waals surface area contributed by atoms with Crippen LogP contribution < -0.4 is 10.6 Å². The molecule has 0 fully saturated rings. The molecule has 0 spiro atoms. The molecule has 3 aromatic carbocycles. The lowest BCUT2D eigenvalue weighted by atomic mass is 10.1. The van der Waals surface area contributed by atoms with Gasteiger partial charge in [0.05, 0.1) is 10.5 Å². The number of nitrogens with one attached hydrogen (secondary N) is 2. The lowest BCUT2D eigenvalue weighted by Gasteiger charge is -2.12. The minimum Gasteiger partial charge on any atom is -0.507 e. The van der Waals surface area contributed by atoms with E-state index in [-0.39, 0.29) is 33.6 Å². The first kappa shape index (κ1) is 22.9. The molecule has 0 unspecified atom stereocenters. The van der Waals surface area contributed by atoms with Crippen molar-refractivity contribution in [2.75, 3.05) is 5.32 Å². The monoisotopic (exact) mass is 476 g/mol. The smallest absolute Gasteiger partial charge is 0.273 e. The quantitative estimate of drug-likeness (QED) is 0.159. The number of oxazole rings is 1. The number of carbonyl (C=O) groups is 1. The van der Waals surface area contributed by atoms with Crippen molar-refractivity contribution < 1.29 is 19.2 Å². The van der Waals surface area contributed by atoms with Gasteiger partial charge in [-0.05, 0) is 80.5 Å². The zero-order valence-corrected chi connectivity index (χ0v) is 19.3. The van der Waals surface area contributed by atoms with E-state index in [2.05, 4.69) is 15.6 Å². The van der Waals surface area contributed by atoms with Crippen LogP contribution in [0.3, 0.4) is 0 Å². The molecule has 1 amide bonds. The Kier molecular flexibility index (Phi) is 5.99. The maximum Gasteiger partial charge on any atom is 0.273 e. The number of nitro groups is 1. The maximum absolute atomic E-state index is 12.6. The van der Waals surface area contributed by atoms with Crippen molar-refractivity contribution in [1.82, 2.24) is 10.3 Å². The molecule has 4 rings (SSSR count). The summed E-state index contributed by atoms with van der Waals surface area (Å²) in [7, 11) is 0. The molecule has 10 heteroatoms. The van der Waals surface area contributed by atoms with Crippen LogP contribution in [0.5, 0.6) is 5.75 Å². The normalized spacial score (nSPS) is 10.8. The third-order valence-corrected chi connectivity index (χ3v) is 5.67. The van der Waals surface area contributed by atoms with Gasteiger partial charge in [0.15, 0.2) is 10.7 Å². The molecule has 0 aliphatic rings. The van der Waals surface area contributed by atoms with E-state index in [1.165, 1.54) is 31.2 Å². The Morgan fingerprint density at radius 3 is 2.59 bits per heavy atom. The molecule has 0 atom stereocenters. The number of aryl methyl sites for hydroxylation is 2. The number of nitrogens with zero attached hydrogens (tertiary/aromatic N) is 2. The molecule has 34 heavy (non-hydrogen) atoms. The fourth-order valence-electron chi connectivity index (χ4n) is 3.48. The number of phenols is 1. The Labute approximate surface area is 199 Å². The number of phenolic OH excluding ortho intramolecular Hbond substituents is 1. The summed E-state index contributed by atoms with van der Waals surface area (Å²) >= 11 is 5.24. The molecule has 4 aromatic rings. The van der Waals surface area contributed by atoms with Crippen LogP contribution in [0.4, 0.5) is 11.4 Å². The van der Waals surface area contributed by atoms with E-state index in [4.69, 9.17) is 16.6 Å². The van der Waals surface area contributed by atoms with Crippen molar-refractivity contribution in [1.29, 1.82) is 0 Å². The number of hydrogen-bond donors (Lipinski definition) is 3. The number of aromatic hydroxyl groups is 1. The molecular formula is C24H20N4O5S. The van der Waals surface area contributed by atoms with E-state index in [0.29, 0.717) is 22.4 Å². The predicted molar refractivity (Wildman–Crippen MR) is 132 cm³/mol. The third-order valence-electron chi connectivity index (χ3n) is 5.46.